The largest absolute Gasteiger partial charge is 0.460 e. The summed E-state index contributed by atoms with van der Waals surface area (Å²) in [5, 5.41) is 5.34. The van der Waals surface area contributed by atoms with Crippen LogP contribution < -0.4 is 10.6 Å². The molecule has 9 heteroatoms. The molecule has 2 atom stereocenters. The highest BCUT2D eigenvalue weighted by Gasteiger charge is 2.33. The second kappa shape index (κ2) is 13.4. The van der Waals surface area contributed by atoms with Crippen LogP contribution in [0, 0.1) is 5.92 Å². The molecular formula is C33H44N2O7. The van der Waals surface area contributed by atoms with E-state index in [0.717, 1.165) is 22.3 Å². The molecule has 0 radical (unpaired) electrons. The third kappa shape index (κ3) is 9.06. The fraction of sp³-hybridized carbons (Fsp3) is 0.515. The van der Waals surface area contributed by atoms with Gasteiger partial charge in [0.15, 0.2) is 0 Å². The van der Waals surface area contributed by atoms with Crippen LogP contribution in [0.4, 0.5) is 4.79 Å². The van der Waals surface area contributed by atoms with E-state index in [1.165, 1.54) is 0 Å². The van der Waals surface area contributed by atoms with E-state index in [4.69, 9.17) is 14.2 Å². The van der Waals surface area contributed by atoms with E-state index in [1.54, 1.807) is 55.4 Å². The first kappa shape index (κ1) is 32.6. The zero-order valence-electron chi connectivity index (χ0n) is 25.9. The number of nitrogens with one attached hydrogen (secondary N) is 2. The van der Waals surface area contributed by atoms with Crippen molar-refractivity contribution in [3.63, 3.8) is 0 Å². The maximum atomic E-state index is 13.4. The average molecular weight is 581 g/mol. The van der Waals surface area contributed by atoms with Crippen LogP contribution in [0.1, 0.15) is 85.3 Å². The highest BCUT2D eigenvalue weighted by molar-refractivity contribution is 5.90. The molecule has 0 saturated carbocycles. The summed E-state index contributed by atoms with van der Waals surface area (Å²) in [5.41, 5.74) is 2.90. The lowest BCUT2D eigenvalue weighted by molar-refractivity contribution is -0.160. The van der Waals surface area contributed by atoms with Gasteiger partial charge in [0.2, 0.25) is 5.91 Å². The molecule has 9 nitrogen and oxygen atoms in total. The van der Waals surface area contributed by atoms with Crippen LogP contribution in [0.25, 0.3) is 11.1 Å². The molecule has 3 rings (SSSR count). The molecule has 2 aromatic rings. The standard InChI is InChI=1S/C33H44N2O7/c1-20(2)28(29(37)34-26(30(38)42-33(6,7)8)17-18-27(36)41-32(3,4)5)35-31(39)40-19-25-23-15-11-9-13-21(23)22-14-10-12-16-24(22)25/h9-16,20,25-26,28H,17-19H2,1-8H3,(H,34,37)(H,35,39)/t26-,28+/m1/s1. The minimum atomic E-state index is -1.12. The zero-order valence-corrected chi connectivity index (χ0v) is 25.9. The molecule has 1 aliphatic carbocycles. The first-order valence-corrected chi connectivity index (χ1v) is 14.4. The third-order valence-corrected chi connectivity index (χ3v) is 6.63. The van der Waals surface area contributed by atoms with Crippen molar-refractivity contribution in [1.82, 2.24) is 10.6 Å². The van der Waals surface area contributed by atoms with Crippen molar-refractivity contribution in [2.24, 2.45) is 5.92 Å². The van der Waals surface area contributed by atoms with Gasteiger partial charge in [-0.15, -0.1) is 0 Å². The van der Waals surface area contributed by atoms with Gasteiger partial charge in [-0.3, -0.25) is 9.59 Å². The van der Waals surface area contributed by atoms with E-state index in [-0.39, 0.29) is 31.3 Å². The van der Waals surface area contributed by atoms with Crippen LogP contribution in [0.15, 0.2) is 48.5 Å². The number of benzene rings is 2. The molecule has 0 aromatic heterocycles. The first-order chi connectivity index (χ1) is 19.6. The van der Waals surface area contributed by atoms with Crippen molar-refractivity contribution in [3.05, 3.63) is 59.7 Å². The summed E-state index contributed by atoms with van der Waals surface area (Å²) in [6.07, 6.45) is -0.868. The normalized spacial score (nSPS) is 14.3. The summed E-state index contributed by atoms with van der Waals surface area (Å²) in [7, 11) is 0. The number of ether oxygens (including phenoxy) is 3. The second-order valence-corrected chi connectivity index (χ2v) is 12.9. The van der Waals surface area contributed by atoms with Crippen molar-refractivity contribution in [3.8, 4) is 11.1 Å². The summed E-state index contributed by atoms with van der Waals surface area (Å²) >= 11 is 0. The van der Waals surface area contributed by atoms with Crippen LogP contribution >= 0.6 is 0 Å². The molecule has 0 fully saturated rings. The number of hydrogen-bond donors (Lipinski definition) is 2. The van der Waals surface area contributed by atoms with E-state index >= 15 is 0 Å². The number of carbonyl (C=O) groups excluding carboxylic acids is 4. The molecule has 2 amide bonds. The molecule has 0 unspecified atom stereocenters. The van der Waals surface area contributed by atoms with E-state index in [1.807, 2.05) is 36.4 Å². The van der Waals surface area contributed by atoms with Crippen LogP contribution in [-0.2, 0) is 28.6 Å². The Bertz CT molecular complexity index is 1240. The number of rotatable bonds is 10. The van der Waals surface area contributed by atoms with Gasteiger partial charge in [-0.05, 0) is 76.1 Å². The maximum absolute atomic E-state index is 13.4. The smallest absolute Gasteiger partial charge is 0.407 e. The molecule has 2 aromatic carbocycles. The lowest BCUT2D eigenvalue weighted by Gasteiger charge is -2.27. The Morgan fingerprint density at radius 1 is 0.786 bits per heavy atom. The fourth-order valence-corrected chi connectivity index (χ4v) is 4.84. The number of hydrogen-bond acceptors (Lipinski definition) is 7. The van der Waals surface area contributed by atoms with Crippen molar-refractivity contribution in [2.45, 2.75) is 97.4 Å². The number of amides is 2. The minimum absolute atomic E-state index is 0.0225. The zero-order chi connectivity index (χ0) is 31.2. The minimum Gasteiger partial charge on any atom is -0.460 e. The summed E-state index contributed by atoms with van der Waals surface area (Å²) < 4.78 is 16.5. The number of esters is 2. The van der Waals surface area contributed by atoms with Gasteiger partial charge in [0, 0.05) is 12.3 Å². The number of alkyl carbamates (subject to hydrolysis) is 1. The number of fused-ring (bicyclic) bond motifs is 3. The van der Waals surface area contributed by atoms with Crippen molar-refractivity contribution in [1.29, 1.82) is 0 Å². The molecule has 0 heterocycles. The Balaban J connectivity index is 1.66. The Morgan fingerprint density at radius 3 is 1.81 bits per heavy atom. The molecule has 1 aliphatic rings. The Labute approximate surface area is 248 Å². The average Bonchev–Trinajstić information content (AvgIpc) is 3.19. The van der Waals surface area contributed by atoms with E-state index in [0.29, 0.717) is 0 Å². The van der Waals surface area contributed by atoms with Gasteiger partial charge in [0.05, 0.1) is 0 Å². The summed E-state index contributed by atoms with van der Waals surface area (Å²) in [5.74, 6) is -2.21. The Morgan fingerprint density at radius 2 is 1.31 bits per heavy atom. The molecule has 42 heavy (non-hydrogen) atoms. The van der Waals surface area contributed by atoms with Crippen LogP contribution in [-0.4, -0.2) is 53.8 Å². The summed E-state index contributed by atoms with van der Waals surface area (Å²) in [6.45, 7) is 14.0. The molecule has 0 spiro atoms. The topological polar surface area (TPSA) is 120 Å². The predicted molar refractivity (Wildman–Crippen MR) is 160 cm³/mol. The SMILES string of the molecule is CC(C)[C@H](NC(=O)OCC1c2ccccc2-c2ccccc21)C(=O)N[C@H](CCC(=O)OC(C)(C)C)C(=O)OC(C)(C)C. The highest BCUT2D eigenvalue weighted by atomic mass is 16.6. The Hall–Kier alpha value is -3.88. The lowest BCUT2D eigenvalue weighted by atomic mass is 9.98. The van der Waals surface area contributed by atoms with Gasteiger partial charge in [-0.25, -0.2) is 9.59 Å². The van der Waals surface area contributed by atoms with Gasteiger partial charge in [-0.2, -0.15) is 0 Å². The predicted octanol–water partition coefficient (Wildman–Crippen LogP) is 5.50. The van der Waals surface area contributed by atoms with E-state index < -0.39 is 47.2 Å². The van der Waals surface area contributed by atoms with Crippen molar-refractivity contribution < 1.29 is 33.4 Å². The Kier molecular flexibility index (Phi) is 10.4. The van der Waals surface area contributed by atoms with E-state index in [2.05, 4.69) is 22.8 Å². The molecule has 0 saturated heterocycles. The second-order valence-electron chi connectivity index (χ2n) is 12.9. The maximum Gasteiger partial charge on any atom is 0.407 e. The van der Waals surface area contributed by atoms with Gasteiger partial charge < -0.3 is 24.8 Å². The molecule has 0 bridgehead atoms. The van der Waals surface area contributed by atoms with Gasteiger partial charge >= 0.3 is 18.0 Å². The van der Waals surface area contributed by atoms with Gasteiger partial charge in [-0.1, -0.05) is 62.4 Å². The molecule has 228 valence electrons. The first-order valence-electron chi connectivity index (χ1n) is 14.4. The monoisotopic (exact) mass is 580 g/mol. The van der Waals surface area contributed by atoms with Gasteiger partial charge in [0.1, 0.15) is 29.9 Å². The highest BCUT2D eigenvalue weighted by Crippen LogP contribution is 2.44. The molecular weight excluding hydrogens is 536 g/mol. The van der Waals surface area contributed by atoms with Crippen LogP contribution in [0.3, 0.4) is 0 Å². The van der Waals surface area contributed by atoms with Crippen LogP contribution in [0.5, 0.6) is 0 Å². The molecule has 0 aliphatic heterocycles. The molecule has 2 N–H and O–H groups in total. The quantitative estimate of drug-likeness (QED) is 0.281. The summed E-state index contributed by atoms with van der Waals surface area (Å²) in [6, 6.07) is 13.9. The van der Waals surface area contributed by atoms with Crippen LogP contribution in [0.2, 0.25) is 0 Å². The fourth-order valence-electron chi connectivity index (χ4n) is 4.84. The van der Waals surface area contributed by atoms with Crippen molar-refractivity contribution in [2.75, 3.05) is 6.61 Å². The van der Waals surface area contributed by atoms with Gasteiger partial charge in [0.25, 0.3) is 0 Å². The lowest BCUT2D eigenvalue weighted by Crippen LogP contribution is -2.54. The van der Waals surface area contributed by atoms with Crippen molar-refractivity contribution >= 4 is 23.9 Å². The summed E-state index contributed by atoms with van der Waals surface area (Å²) in [4.78, 5) is 51.6. The number of carbonyl (C=O) groups is 4. The van der Waals surface area contributed by atoms with E-state index in [9.17, 15) is 19.2 Å². The third-order valence-electron chi connectivity index (χ3n) is 6.63.